The summed E-state index contributed by atoms with van der Waals surface area (Å²) in [6.07, 6.45) is -4.61. The van der Waals surface area contributed by atoms with Gasteiger partial charge in [0.2, 0.25) is 0 Å². The third-order valence-corrected chi connectivity index (χ3v) is 6.00. The lowest BCUT2D eigenvalue weighted by molar-refractivity contribution is -0.137. The first-order valence-electron chi connectivity index (χ1n) is 8.95. The van der Waals surface area contributed by atoms with Crippen LogP contribution in [-0.4, -0.2) is 21.4 Å². The van der Waals surface area contributed by atoms with E-state index in [-0.39, 0.29) is 32.6 Å². The molecule has 0 aliphatic carbocycles. The molecule has 3 aromatic rings. The second-order valence-electron chi connectivity index (χ2n) is 6.48. The zero-order valence-corrected chi connectivity index (χ0v) is 18.0. The first-order chi connectivity index (χ1) is 15.0. The highest BCUT2D eigenvalue weighted by molar-refractivity contribution is 7.92. The summed E-state index contributed by atoms with van der Waals surface area (Å²) in [5.41, 5.74) is -1.05. The third-order valence-electron chi connectivity index (χ3n) is 4.28. The number of ether oxygens (including phenoxy) is 1. The van der Waals surface area contributed by atoms with Gasteiger partial charge in [-0.3, -0.25) is 9.52 Å². The van der Waals surface area contributed by atoms with Gasteiger partial charge in [-0.2, -0.15) is 13.2 Å². The Bertz CT molecular complexity index is 1260. The minimum Gasteiger partial charge on any atom is -0.495 e. The standard InChI is InChI=1S/C21H16ClF3N2O4S/c1-31-18-10-9-15(26-20(28)13-5-4-6-14(11-13)21(23,24)25)12-19(18)32(29,30)27-17-8-3-2-7-16(17)22/h2-12,27H,1H3,(H,26,28). The highest BCUT2D eigenvalue weighted by Crippen LogP contribution is 2.32. The van der Waals surface area contributed by atoms with Gasteiger partial charge in [-0.25, -0.2) is 8.42 Å². The molecule has 0 bridgehead atoms. The van der Waals surface area contributed by atoms with Crippen LogP contribution in [0.15, 0.2) is 71.6 Å². The van der Waals surface area contributed by atoms with Crippen molar-refractivity contribution in [3.05, 3.63) is 82.9 Å². The number of halogens is 4. The van der Waals surface area contributed by atoms with E-state index in [1.165, 1.54) is 37.4 Å². The van der Waals surface area contributed by atoms with E-state index < -0.39 is 27.7 Å². The fourth-order valence-electron chi connectivity index (χ4n) is 2.75. The maximum atomic E-state index is 12.9. The van der Waals surface area contributed by atoms with Crippen molar-refractivity contribution in [2.45, 2.75) is 11.1 Å². The van der Waals surface area contributed by atoms with Gasteiger partial charge in [-0.05, 0) is 48.5 Å². The minimum atomic E-state index is -4.61. The van der Waals surface area contributed by atoms with Crippen LogP contribution in [-0.2, 0) is 16.2 Å². The summed E-state index contributed by atoms with van der Waals surface area (Å²) in [6, 6.07) is 13.8. The molecule has 11 heteroatoms. The van der Waals surface area contributed by atoms with Crippen LogP contribution in [0.25, 0.3) is 0 Å². The number of hydrogen-bond acceptors (Lipinski definition) is 4. The van der Waals surface area contributed by atoms with Crippen molar-refractivity contribution in [1.82, 2.24) is 0 Å². The first kappa shape index (κ1) is 23.4. The Morgan fingerprint density at radius 1 is 1.00 bits per heavy atom. The predicted molar refractivity (Wildman–Crippen MR) is 115 cm³/mol. The monoisotopic (exact) mass is 484 g/mol. The summed E-state index contributed by atoms with van der Waals surface area (Å²) in [5.74, 6) is -0.856. The summed E-state index contributed by atoms with van der Waals surface area (Å²) in [7, 11) is -2.92. The number of carbonyl (C=O) groups is 1. The number of rotatable bonds is 6. The fraction of sp³-hybridized carbons (Fsp3) is 0.0952. The Kier molecular flexibility index (Phi) is 6.65. The van der Waals surface area contributed by atoms with Crippen LogP contribution in [0.2, 0.25) is 5.02 Å². The second kappa shape index (κ2) is 9.09. The molecular formula is C21H16ClF3N2O4S. The van der Waals surface area contributed by atoms with Crippen LogP contribution in [0.4, 0.5) is 24.5 Å². The Morgan fingerprint density at radius 3 is 2.38 bits per heavy atom. The lowest BCUT2D eigenvalue weighted by atomic mass is 10.1. The quantitative estimate of drug-likeness (QED) is 0.489. The topological polar surface area (TPSA) is 84.5 Å². The lowest BCUT2D eigenvalue weighted by Gasteiger charge is -2.14. The van der Waals surface area contributed by atoms with Gasteiger partial charge < -0.3 is 10.1 Å². The van der Waals surface area contributed by atoms with Crippen molar-refractivity contribution in [1.29, 1.82) is 0 Å². The molecule has 0 heterocycles. The summed E-state index contributed by atoms with van der Waals surface area (Å²) in [5, 5.41) is 2.57. The molecule has 168 valence electrons. The normalized spacial score (nSPS) is 11.7. The average Bonchev–Trinajstić information content (AvgIpc) is 2.74. The molecule has 0 aliphatic heterocycles. The molecule has 6 nitrogen and oxygen atoms in total. The molecule has 0 spiro atoms. The number of methoxy groups -OCH3 is 1. The van der Waals surface area contributed by atoms with Crippen molar-refractivity contribution in [2.75, 3.05) is 17.1 Å². The molecule has 0 atom stereocenters. The van der Waals surface area contributed by atoms with E-state index in [9.17, 15) is 26.4 Å². The first-order valence-corrected chi connectivity index (χ1v) is 10.8. The number of nitrogens with one attached hydrogen (secondary N) is 2. The van der Waals surface area contributed by atoms with E-state index in [0.29, 0.717) is 6.07 Å². The van der Waals surface area contributed by atoms with Gasteiger partial charge >= 0.3 is 6.18 Å². The Labute approximate surface area is 187 Å². The molecule has 32 heavy (non-hydrogen) atoms. The van der Waals surface area contributed by atoms with Crippen LogP contribution in [0.1, 0.15) is 15.9 Å². The smallest absolute Gasteiger partial charge is 0.416 e. The molecule has 0 aliphatic rings. The van der Waals surface area contributed by atoms with Crippen LogP contribution < -0.4 is 14.8 Å². The van der Waals surface area contributed by atoms with Crippen LogP contribution in [0, 0.1) is 0 Å². The molecule has 0 fully saturated rings. The molecule has 3 rings (SSSR count). The van der Waals surface area contributed by atoms with Gasteiger partial charge in [0.05, 0.1) is 23.4 Å². The summed E-state index contributed by atoms with van der Waals surface area (Å²) >= 11 is 6.01. The fourth-order valence-corrected chi connectivity index (χ4v) is 4.26. The number of anilines is 2. The molecule has 0 saturated carbocycles. The Balaban J connectivity index is 1.91. The van der Waals surface area contributed by atoms with E-state index in [0.717, 1.165) is 18.2 Å². The van der Waals surface area contributed by atoms with Crippen LogP contribution >= 0.6 is 11.6 Å². The second-order valence-corrected chi connectivity index (χ2v) is 8.54. The highest BCUT2D eigenvalue weighted by atomic mass is 35.5. The van der Waals surface area contributed by atoms with Gasteiger partial charge in [-0.15, -0.1) is 0 Å². The van der Waals surface area contributed by atoms with Gasteiger partial charge in [0, 0.05) is 11.3 Å². The lowest BCUT2D eigenvalue weighted by Crippen LogP contribution is -2.16. The summed E-state index contributed by atoms with van der Waals surface area (Å²) in [6.45, 7) is 0. The largest absolute Gasteiger partial charge is 0.495 e. The third kappa shape index (κ3) is 5.32. The Morgan fingerprint density at radius 2 is 1.72 bits per heavy atom. The van der Waals surface area contributed by atoms with Crippen LogP contribution in [0.3, 0.4) is 0 Å². The van der Waals surface area contributed by atoms with E-state index in [4.69, 9.17) is 16.3 Å². The zero-order chi connectivity index (χ0) is 23.5. The average molecular weight is 485 g/mol. The number of sulfonamides is 1. The van der Waals surface area contributed by atoms with Crippen molar-refractivity contribution in [3.8, 4) is 5.75 Å². The van der Waals surface area contributed by atoms with E-state index in [2.05, 4.69) is 10.0 Å². The summed E-state index contributed by atoms with van der Waals surface area (Å²) < 4.78 is 72.0. The van der Waals surface area contributed by atoms with Crippen molar-refractivity contribution >= 4 is 38.9 Å². The molecule has 0 saturated heterocycles. The zero-order valence-electron chi connectivity index (χ0n) is 16.4. The number of alkyl halides is 3. The molecule has 2 N–H and O–H groups in total. The number of amides is 1. The maximum absolute atomic E-state index is 12.9. The maximum Gasteiger partial charge on any atom is 0.416 e. The molecule has 1 amide bonds. The molecule has 0 unspecified atom stereocenters. The van der Waals surface area contributed by atoms with E-state index in [1.54, 1.807) is 12.1 Å². The minimum absolute atomic E-state index is 0.0124. The molecule has 3 aromatic carbocycles. The highest BCUT2D eigenvalue weighted by Gasteiger charge is 2.31. The van der Waals surface area contributed by atoms with Gasteiger partial charge in [0.25, 0.3) is 15.9 Å². The summed E-state index contributed by atoms with van der Waals surface area (Å²) in [4.78, 5) is 12.1. The predicted octanol–water partition coefficient (Wildman–Crippen LogP) is 5.42. The van der Waals surface area contributed by atoms with Gasteiger partial charge in [-0.1, -0.05) is 29.8 Å². The number of para-hydroxylation sites is 1. The Hall–Kier alpha value is -3.24. The van der Waals surface area contributed by atoms with Crippen molar-refractivity contribution < 1.29 is 31.1 Å². The van der Waals surface area contributed by atoms with E-state index in [1.807, 2.05) is 0 Å². The number of hydrogen-bond donors (Lipinski definition) is 2. The molecular weight excluding hydrogens is 469 g/mol. The van der Waals surface area contributed by atoms with Gasteiger partial charge in [0.1, 0.15) is 10.6 Å². The molecule has 0 radical (unpaired) electrons. The van der Waals surface area contributed by atoms with E-state index >= 15 is 0 Å². The number of benzene rings is 3. The van der Waals surface area contributed by atoms with Crippen molar-refractivity contribution in [3.63, 3.8) is 0 Å². The van der Waals surface area contributed by atoms with Crippen molar-refractivity contribution in [2.24, 2.45) is 0 Å². The van der Waals surface area contributed by atoms with Gasteiger partial charge in [0.15, 0.2) is 0 Å². The molecule has 0 aromatic heterocycles. The van der Waals surface area contributed by atoms with Crippen LogP contribution in [0.5, 0.6) is 5.75 Å². The SMILES string of the molecule is COc1ccc(NC(=O)c2cccc(C(F)(F)F)c2)cc1S(=O)(=O)Nc1ccccc1Cl. The number of carbonyl (C=O) groups excluding carboxylic acids is 1.